The molecule has 5 nitrogen and oxygen atoms in total. The van der Waals surface area contributed by atoms with E-state index < -0.39 is 5.54 Å². The van der Waals surface area contributed by atoms with E-state index in [1.807, 2.05) is 51.1 Å². The van der Waals surface area contributed by atoms with Crippen LogP contribution in [-0.2, 0) is 20.9 Å². The minimum absolute atomic E-state index is 0. The van der Waals surface area contributed by atoms with Crippen molar-refractivity contribution in [1.29, 1.82) is 0 Å². The van der Waals surface area contributed by atoms with Gasteiger partial charge in [-0.15, -0.1) is 12.4 Å². The van der Waals surface area contributed by atoms with E-state index in [1.54, 1.807) is 11.9 Å². The van der Waals surface area contributed by atoms with Gasteiger partial charge in [0.2, 0.25) is 5.91 Å². The van der Waals surface area contributed by atoms with Crippen LogP contribution in [0.4, 0.5) is 0 Å². The summed E-state index contributed by atoms with van der Waals surface area (Å²) >= 11 is 0. The maximum absolute atomic E-state index is 12.8. The third-order valence-electron chi connectivity index (χ3n) is 5.24. The lowest BCUT2D eigenvalue weighted by Crippen LogP contribution is -2.75. The Balaban J connectivity index is 0.00000312. The lowest BCUT2D eigenvalue weighted by Gasteiger charge is -2.58. The largest absolute Gasteiger partial charge is 0.378 e. The van der Waals surface area contributed by atoms with Gasteiger partial charge in [0.25, 0.3) is 0 Å². The molecule has 0 heterocycles. The average molecular weight is 371 g/mol. The lowest BCUT2D eigenvalue weighted by atomic mass is 9.54. The molecular formula is C19H31ClN2O3. The Morgan fingerprint density at radius 2 is 1.96 bits per heavy atom. The summed E-state index contributed by atoms with van der Waals surface area (Å²) in [5.74, 6) is -0.0354. The highest BCUT2D eigenvalue weighted by molar-refractivity contribution is 5.88. The fourth-order valence-corrected chi connectivity index (χ4v) is 3.21. The third-order valence-corrected chi connectivity index (χ3v) is 5.24. The molecule has 2 rings (SSSR count). The molecule has 2 N–H and O–H groups in total. The summed E-state index contributed by atoms with van der Waals surface area (Å²) in [4.78, 5) is 14.4. The molecule has 0 bridgehead atoms. The number of nitrogens with two attached hydrogens (primary N) is 1. The Morgan fingerprint density at radius 3 is 2.52 bits per heavy atom. The minimum Gasteiger partial charge on any atom is -0.378 e. The number of carbonyl (C=O) groups is 1. The number of amides is 1. The molecule has 1 saturated carbocycles. The van der Waals surface area contributed by atoms with Crippen molar-refractivity contribution < 1.29 is 14.3 Å². The predicted octanol–water partition coefficient (Wildman–Crippen LogP) is 2.62. The summed E-state index contributed by atoms with van der Waals surface area (Å²) in [6.45, 7) is 8.19. The Hall–Kier alpha value is -1.14. The predicted molar refractivity (Wildman–Crippen MR) is 102 cm³/mol. The fraction of sp³-hybridized carbons (Fsp3) is 0.632. The van der Waals surface area contributed by atoms with Crippen LogP contribution in [-0.4, -0.2) is 49.3 Å². The van der Waals surface area contributed by atoms with Crippen LogP contribution < -0.4 is 5.73 Å². The highest BCUT2D eigenvalue weighted by Gasteiger charge is 2.63. The quantitative estimate of drug-likeness (QED) is 0.714. The highest BCUT2D eigenvalue weighted by Crippen LogP contribution is 2.50. The molecule has 1 aliphatic carbocycles. The van der Waals surface area contributed by atoms with Crippen LogP contribution in [0.15, 0.2) is 30.3 Å². The van der Waals surface area contributed by atoms with Crippen LogP contribution in [0.2, 0.25) is 0 Å². The van der Waals surface area contributed by atoms with Gasteiger partial charge in [-0.1, -0.05) is 44.2 Å². The van der Waals surface area contributed by atoms with E-state index in [4.69, 9.17) is 15.2 Å². The number of nitrogens with zero attached hydrogens (tertiary/aromatic N) is 1. The van der Waals surface area contributed by atoms with Gasteiger partial charge in [-0.3, -0.25) is 4.79 Å². The first-order valence-electron chi connectivity index (χ1n) is 8.60. The van der Waals surface area contributed by atoms with Crippen molar-refractivity contribution in [2.45, 2.75) is 45.4 Å². The van der Waals surface area contributed by atoms with Gasteiger partial charge in [0.15, 0.2) is 0 Å². The number of hydrogen-bond donors (Lipinski definition) is 1. The van der Waals surface area contributed by atoms with Crippen LogP contribution in [0.3, 0.4) is 0 Å². The van der Waals surface area contributed by atoms with Crippen LogP contribution in [0, 0.1) is 5.41 Å². The van der Waals surface area contributed by atoms with Crippen molar-refractivity contribution in [1.82, 2.24) is 4.90 Å². The average Bonchev–Trinajstić information content (AvgIpc) is 2.58. The number of hydrogen-bond acceptors (Lipinski definition) is 4. The molecule has 1 aliphatic rings. The van der Waals surface area contributed by atoms with E-state index in [0.29, 0.717) is 32.8 Å². The molecule has 0 aromatic heterocycles. The molecule has 1 aromatic rings. The van der Waals surface area contributed by atoms with Crippen molar-refractivity contribution >= 4 is 18.3 Å². The molecule has 142 valence electrons. The Morgan fingerprint density at radius 1 is 1.32 bits per heavy atom. The monoisotopic (exact) mass is 370 g/mol. The molecule has 25 heavy (non-hydrogen) atoms. The van der Waals surface area contributed by atoms with Crippen molar-refractivity contribution in [2.75, 3.05) is 26.8 Å². The first-order valence-corrected chi connectivity index (χ1v) is 8.60. The summed E-state index contributed by atoms with van der Waals surface area (Å²) in [6.07, 6.45) is 0.612. The van der Waals surface area contributed by atoms with Gasteiger partial charge in [-0.05, 0) is 12.5 Å². The summed E-state index contributed by atoms with van der Waals surface area (Å²) < 4.78 is 11.3. The second-order valence-electron chi connectivity index (χ2n) is 7.11. The van der Waals surface area contributed by atoms with Crippen molar-refractivity contribution in [2.24, 2.45) is 11.1 Å². The molecule has 0 spiro atoms. The van der Waals surface area contributed by atoms with Gasteiger partial charge in [0, 0.05) is 32.0 Å². The molecule has 0 aliphatic heterocycles. The molecule has 1 fully saturated rings. The van der Waals surface area contributed by atoms with Gasteiger partial charge in [-0.25, -0.2) is 0 Å². The number of carbonyl (C=O) groups excluding carboxylic acids is 1. The van der Waals surface area contributed by atoms with E-state index in [-0.39, 0.29) is 29.8 Å². The molecule has 1 amide bonds. The van der Waals surface area contributed by atoms with Crippen molar-refractivity contribution in [3.63, 3.8) is 0 Å². The molecule has 2 unspecified atom stereocenters. The van der Waals surface area contributed by atoms with Gasteiger partial charge in [0.05, 0.1) is 19.3 Å². The van der Waals surface area contributed by atoms with Crippen molar-refractivity contribution in [3.8, 4) is 0 Å². The first kappa shape index (κ1) is 21.9. The highest BCUT2D eigenvalue weighted by atomic mass is 35.5. The maximum Gasteiger partial charge on any atom is 0.243 e. The van der Waals surface area contributed by atoms with E-state index in [0.717, 1.165) is 5.56 Å². The van der Waals surface area contributed by atoms with Crippen LogP contribution >= 0.6 is 12.4 Å². The van der Waals surface area contributed by atoms with Gasteiger partial charge in [-0.2, -0.15) is 0 Å². The molecular weight excluding hydrogens is 340 g/mol. The summed E-state index contributed by atoms with van der Waals surface area (Å²) in [5.41, 5.74) is 6.33. The van der Waals surface area contributed by atoms with E-state index in [1.165, 1.54) is 0 Å². The second kappa shape index (κ2) is 8.99. The molecule has 0 saturated heterocycles. The zero-order chi connectivity index (χ0) is 17.8. The second-order valence-corrected chi connectivity index (χ2v) is 7.11. The van der Waals surface area contributed by atoms with Crippen molar-refractivity contribution in [3.05, 3.63) is 35.9 Å². The number of benzene rings is 1. The number of halogens is 1. The van der Waals surface area contributed by atoms with Crippen LogP contribution in [0.25, 0.3) is 0 Å². The smallest absolute Gasteiger partial charge is 0.243 e. The fourth-order valence-electron chi connectivity index (χ4n) is 3.21. The SMILES string of the molecule is CCOC1CC(N)(C(=O)N(C)CCOCc2ccccc2)C1(C)C.Cl. The lowest BCUT2D eigenvalue weighted by molar-refractivity contribution is -0.178. The summed E-state index contributed by atoms with van der Waals surface area (Å²) in [5, 5.41) is 0. The zero-order valence-corrected chi connectivity index (χ0v) is 16.5. The van der Waals surface area contributed by atoms with Crippen LogP contribution in [0.5, 0.6) is 0 Å². The Bertz CT molecular complexity index is 553. The third kappa shape index (κ3) is 4.53. The van der Waals surface area contributed by atoms with Gasteiger partial charge < -0.3 is 20.1 Å². The number of likely N-dealkylation sites (N-methyl/N-ethyl adjacent to an activating group) is 1. The minimum atomic E-state index is -0.860. The Kier molecular flexibility index (Phi) is 7.88. The molecule has 1 aromatic carbocycles. The summed E-state index contributed by atoms with van der Waals surface area (Å²) in [7, 11) is 1.78. The summed E-state index contributed by atoms with van der Waals surface area (Å²) in [6, 6.07) is 10.00. The normalized spacial score (nSPS) is 24.1. The standard InChI is InChI=1S/C19H30N2O3.ClH/c1-5-24-16-13-19(20,18(16,2)3)17(22)21(4)11-12-23-14-15-9-7-6-8-10-15;/h6-10,16H,5,11-14,20H2,1-4H3;1H. The van der Waals surface area contributed by atoms with Gasteiger partial charge >= 0.3 is 0 Å². The van der Waals surface area contributed by atoms with Gasteiger partial charge in [0.1, 0.15) is 5.54 Å². The first-order chi connectivity index (χ1) is 11.3. The molecule has 6 heteroatoms. The topological polar surface area (TPSA) is 64.8 Å². The molecule has 2 atom stereocenters. The number of ether oxygens (including phenoxy) is 2. The maximum atomic E-state index is 12.8. The van der Waals surface area contributed by atoms with E-state index >= 15 is 0 Å². The van der Waals surface area contributed by atoms with E-state index in [2.05, 4.69) is 0 Å². The number of rotatable bonds is 8. The zero-order valence-electron chi connectivity index (χ0n) is 15.7. The molecule has 0 radical (unpaired) electrons. The van der Waals surface area contributed by atoms with E-state index in [9.17, 15) is 4.79 Å². The Labute approximate surface area is 157 Å². The van der Waals surface area contributed by atoms with Crippen LogP contribution in [0.1, 0.15) is 32.8 Å².